The SMILES string of the molecule is CCNCCOCCc1ccc(OC)cc1Cl. The van der Waals surface area contributed by atoms with Gasteiger partial charge >= 0.3 is 0 Å². The van der Waals surface area contributed by atoms with Gasteiger partial charge < -0.3 is 14.8 Å². The van der Waals surface area contributed by atoms with Gasteiger partial charge in [0.25, 0.3) is 0 Å². The Morgan fingerprint density at radius 1 is 1.29 bits per heavy atom. The molecule has 0 heterocycles. The Morgan fingerprint density at radius 3 is 2.76 bits per heavy atom. The van der Waals surface area contributed by atoms with Crippen LogP contribution in [0.5, 0.6) is 5.75 Å². The molecule has 0 amide bonds. The van der Waals surface area contributed by atoms with Gasteiger partial charge in [-0.25, -0.2) is 0 Å². The molecule has 3 nitrogen and oxygen atoms in total. The van der Waals surface area contributed by atoms with Crippen LogP contribution < -0.4 is 10.1 Å². The summed E-state index contributed by atoms with van der Waals surface area (Å²) >= 11 is 6.12. The van der Waals surface area contributed by atoms with Crippen molar-refractivity contribution in [3.05, 3.63) is 28.8 Å². The van der Waals surface area contributed by atoms with Crippen LogP contribution in [0.1, 0.15) is 12.5 Å². The van der Waals surface area contributed by atoms with Crippen LogP contribution in [0.15, 0.2) is 18.2 Å². The fourth-order valence-corrected chi connectivity index (χ4v) is 1.73. The molecular weight excluding hydrogens is 238 g/mol. The highest BCUT2D eigenvalue weighted by Gasteiger charge is 2.02. The molecular formula is C13H20ClNO2. The number of hydrogen-bond donors (Lipinski definition) is 1. The van der Waals surface area contributed by atoms with Crippen LogP contribution in [0.4, 0.5) is 0 Å². The van der Waals surface area contributed by atoms with E-state index < -0.39 is 0 Å². The molecule has 0 saturated carbocycles. The summed E-state index contributed by atoms with van der Waals surface area (Å²) in [6, 6.07) is 5.73. The monoisotopic (exact) mass is 257 g/mol. The van der Waals surface area contributed by atoms with Crippen molar-refractivity contribution in [1.82, 2.24) is 5.32 Å². The molecule has 4 heteroatoms. The predicted molar refractivity (Wildman–Crippen MR) is 71.1 cm³/mol. The zero-order chi connectivity index (χ0) is 12.5. The first-order valence-corrected chi connectivity index (χ1v) is 6.26. The zero-order valence-electron chi connectivity index (χ0n) is 10.5. The van der Waals surface area contributed by atoms with Crippen molar-refractivity contribution in [3.8, 4) is 5.75 Å². The minimum absolute atomic E-state index is 0.692. The van der Waals surface area contributed by atoms with Gasteiger partial charge in [0.15, 0.2) is 0 Å². The smallest absolute Gasteiger partial charge is 0.120 e. The third-order valence-electron chi connectivity index (χ3n) is 2.45. The molecule has 0 radical (unpaired) electrons. The molecule has 0 aliphatic heterocycles. The predicted octanol–water partition coefficient (Wildman–Crippen LogP) is 2.52. The number of ether oxygens (including phenoxy) is 2. The summed E-state index contributed by atoms with van der Waals surface area (Å²) in [6.45, 7) is 5.39. The first kappa shape index (κ1) is 14.3. The van der Waals surface area contributed by atoms with E-state index in [9.17, 15) is 0 Å². The second kappa shape index (κ2) is 8.34. The molecule has 1 aromatic carbocycles. The minimum Gasteiger partial charge on any atom is -0.497 e. The second-order valence-electron chi connectivity index (χ2n) is 3.67. The molecule has 0 spiro atoms. The maximum atomic E-state index is 6.12. The zero-order valence-corrected chi connectivity index (χ0v) is 11.2. The molecule has 1 aromatic rings. The number of halogens is 1. The summed E-state index contributed by atoms with van der Waals surface area (Å²) in [5, 5.41) is 3.94. The van der Waals surface area contributed by atoms with Gasteiger partial charge in [-0.1, -0.05) is 24.6 Å². The third kappa shape index (κ3) is 5.39. The van der Waals surface area contributed by atoms with Crippen LogP contribution in [0.2, 0.25) is 5.02 Å². The van der Waals surface area contributed by atoms with Crippen molar-refractivity contribution >= 4 is 11.6 Å². The Morgan fingerprint density at radius 2 is 2.12 bits per heavy atom. The van der Waals surface area contributed by atoms with Crippen LogP contribution >= 0.6 is 11.6 Å². The number of benzene rings is 1. The Hall–Kier alpha value is -0.770. The molecule has 1 N–H and O–H groups in total. The van der Waals surface area contributed by atoms with E-state index in [2.05, 4.69) is 12.2 Å². The first-order chi connectivity index (χ1) is 8.27. The first-order valence-electron chi connectivity index (χ1n) is 5.88. The lowest BCUT2D eigenvalue weighted by Crippen LogP contribution is -2.19. The molecule has 0 unspecified atom stereocenters. The molecule has 17 heavy (non-hydrogen) atoms. The van der Waals surface area contributed by atoms with Gasteiger partial charge in [0.1, 0.15) is 5.75 Å². The topological polar surface area (TPSA) is 30.5 Å². The maximum Gasteiger partial charge on any atom is 0.120 e. The molecule has 0 bridgehead atoms. The van der Waals surface area contributed by atoms with E-state index in [0.29, 0.717) is 6.61 Å². The normalized spacial score (nSPS) is 10.5. The number of nitrogens with one attached hydrogen (secondary N) is 1. The van der Waals surface area contributed by atoms with Crippen molar-refractivity contribution in [2.24, 2.45) is 0 Å². The standard InChI is InChI=1S/C13H20ClNO2/c1-3-15-7-9-17-8-6-11-4-5-12(16-2)10-13(11)14/h4-5,10,15H,3,6-9H2,1-2H3. The molecule has 1 rings (SSSR count). The largest absolute Gasteiger partial charge is 0.497 e. The van der Waals surface area contributed by atoms with Crippen molar-refractivity contribution < 1.29 is 9.47 Å². The fourth-order valence-electron chi connectivity index (χ4n) is 1.46. The molecule has 0 aromatic heterocycles. The van der Waals surface area contributed by atoms with E-state index in [1.807, 2.05) is 18.2 Å². The summed E-state index contributed by atoms with van der Waals surface area (Å²) in [7, 11) is 1.63. The van der Waals surface area contributed by atoms with Gasteiger partial charge in [-0.05, 0) is 30.7 Å². The highest BCUT2D eigenvalue weighted by molar-refractivity contribution is 6.31. The van der Waals surface area contributed by atoms with Gasteiger partial charge in [0.05, 0.1) is 20.3 Å². The van der Waals surface area contributed by atoms with Crippen LogP contribution in [0, 0.1) is 0 Å². The van der Waals surface area contributed by atoms with E-state index in [1.54, 1.807) is 7.11 Å². The van der Waals surface area contributed by atoms with E-state index in [4.69, 9.17) is 21.1 Å². The molecule has 96 valence electrons. The lowest BCUT2D eigenvalue weighted by molar-refractivity contribution is 0.139. The lowest BCUT2D eigenvalue weighted by atomic mass is 10.1. The van der Waals surface area contributed by atoms with Crippen molar-refractivity contribution in [3.63, 3.8) is 0 Å². The van der Waals surface area contributed by atoms with Crippen molar-refractivity contribution in [2.75, 3.05) is 33.4 Å². The number of hydrogen-bond acceptors (Lipinski definition) is 3. The van der Waals surface area contributed by atoms with Gasteiger partial charge in [-0.2, -0.15) is 0 Å². The Balaban J connectivity index is 2.27. The Kier molecular flexibility index (Phi) is 7.01. The van der Waals surface area contributed by atoms with Crippen molar-refractivity contribution in [2.45, 2.75) is 13.3 Å². The van der Waals surface area contributed by atoms with E-state index in [1.165, 1.54) is 0 Å². The van der Waals surface area contributed by atoms with Gasteiger partial charge in [-0.3, -0.25) is 0 Å². The molecule has 0 fully saturated rings. The summed E-state index contributed by atoms with van der Waals surface area (Å²) in [5.41, 5.74) is 1.09. The molecule has 0 aliphatic carbocycles. The number of methoxy groups -OCH3 is 1. The maximum absolute atomic E-state index is 6.12. The number of rotatable bonds is 8. The summed E-state index contributed by atoms with van der Waals surface area (Å²) in [5.74, 6) is 0.784. The van der Waals surface area contributed by atoms with Gasteiger partial charge in [0.2, 0.25) is 0 Å². The van der Waals surface area contributed by atoms with Crippen LogP contribution in [0.3, 0.4) is 0 Å². The van der Waals surface area contributed by atoms with Gasteiger partial charge in [0, 0.05) is 11.6 Å². The quantitative estimate of drug-likeness (QED) is 0.726. The average Bonchev–Trinajstić information content (AvgIpc) is 2.35. The summed E-state index contributed by atoms with van der Waals surface area (Å²) in [4.78, 5) is 0. The van der Waals surface area contributed by atoms with Crippen LogP contribution in [-0.2, 0) is 11.2 Å². The Bertz CT molecular complexity index is 331. The molecule has 0 saturated heterocycles. The summed E-state index contributed by atoms with van der Waals surface area (Å²) in [6.07, 6.45) is 0.828. The lowest BCUT2D eigenvalue weighted by Gasteiger charge is -2.07. The highest BCUT2D eigenvalue weighted by Crippen LogP contribution is 2.22. The number of likely N-dealkylation sites (N-methyl/N-ethyl adjacent to an activating group) is 1. The van der Waals surface area contributed by atoms with Crippen molar-refractivity contribution in [1.29, 1.82) is 0 Å². The van der Waals surface area contributed by atoms with E-state index >= 15 is 0 Å². The van der Waals surface area contributed by atoms with Gasteiger partial charge in [-0.15, -0.1) is 0 Å². The second-order valence-corrected chi connectivity index (χ2v) is 4.08. The highest BCUT2D eigenvalue weighted by atomic mass is 35.5. The van der Waals surface area contributed by atoms with Crippen LogP contribution in [-0.4, -0.2) is 33.4 Å². The molecule has 0 atom stereocenters. The Labute approximate surface area is 108 Å². The summed E-state index contributed by atoms with van der Waals surface area (Å²) < 4.78 is 10.6. The average molecular weight is 258 g/mol. The minimum atomic E-state index is 0.692. The fraction of sp³-hybridized carbons (Fsp3) is 0.538. The van der Waals surface area contributed by atoms with E-state index in [0.717, 1.165) is 42.5 Å². The van der Waals surface area contributed by atoms with Crippen LogP contribution in [0.25, 0.3) is 0 Å². The van der Waals surface area contributed by atoms with E-state index in [-0.39, 0.29) is 0 Å². The third-order valence-corrected chi connectivity index (χ3v) is 2.80. The molecule has 0 aliphatic rings.